The standard InChI is InChI=1S/C10H15NO.ClH/c1-2-3-8-6-11-9(10(8)12)7-4-5-7;/h2,7-9,11H,1,3-6H2;1H. The SMILES string of the molecule is C=CCC1CNC(C2CC2)C1=O.Cl. The third-order valence-corrected chi connectivity index (χ3v) is 2.84. The molecule has 0 radical (unpaired) electrons. The zero-order valence-corrected chi connectivity index (χ0v) is 8.48. The van der Waals surface area contributed by atoms with E-state index in [1.165, 1.54) is 12.8 Å². The molecule has 1 aliphatic heterocycles. The predicted molar refractivity (Wildman–Crippen MR) is 55.1 cm³/mol. The van der Waals surface area contributed by atoms with Gasteiger partial charge in [0.25, 0.3) is 0 Å². The zero-order chi connectivity index (χ0) is 8.55. The van der Waals surface area contributed by atoms with Crippen LogP contribution in [0.2, 0.25) is 0 Å². The lowest BCUT2D eigenvalue weighted by Crippen LogP contribution is -2.29. The van der Waals surface area contributed by atoms with Crippen LogP contribution in [0.25, 0.3) is 0 Å². The summed E-state index contributed by atoms with van der Waals surface area (Å²) < 4.78 is 0. The molecule has 0 spiro atoms. The molecule has 0 bridgehead atoms. The van der Waals surface area contributed by atoms with Crippen LogP contribution in [0, 0.1) is 11.8 Å². The Hall–Kier alpha value is -0.340. The molecular formula is C10H16ClNO. The maximum atomic E-state index is 11.7. The fourth-order valence-corrected chi connectivity index (χ4v) is 1.95. The number of ketones is 1. The summed E-state index contributed by atoms with van der Waals surface area (Å²) in [7, 11) is 0. The van der Waals surface area contributed by atoms with Gasteiger partial charge in [-0.05, 0) is 25.2 Å². The van der Waals surface area contributed by atoms with Crippen LogP contribution < -0.4 is 5.32 Å². The Labute approximate surface area is 85.2 Å². The molecule has 1 aliphatic carbocycles. The molecule has 0 amide bonds. The average molecular weight is 202 g/mol. The second kappa shape index (κ2) is 4.25. The Morgan fingerprint density at radius 2 is 2.23 bits per heavy atom. The largest absolute Gasteiger partial charge is 0.307 e. The Balaban J connectivity index is 0.000000845. The molecule has 2 unspecified atom stereocenters. The molecule has 2 aliphatic rings. The lowest BCUT2D eigenvalue weighted by atomic mass is 9.98. The molecule has 1 heterocycles. The average Bonchev–Trinajstić information content (AvgIpc) is 2.82. The van der Waals surface area contributed by atoms with E-state index in [0.29, 0.717) is 11.7 Å². The lowest BCUT2D eigenvalue weighted by molar-refractivity contribution is -0.122. The minimum Gasteiger partial charge on any atom is -0.307 e. The van der Waals surface area contributed by atoms with Crippen molar-refractivity contribution in [2.24, 2.45) is 11.8 Å². The number of hydrogen-bond acceptors (Lipinski definition) is 2. The third-order valence-electron chi connectivity index (χ3n) is 2.84. The lowest BCUT2D eigenvalue weighted by Gasteiger charge is -2.06. The van der Waals surface area contributed by atoms with E-state index >= 15 is 0 Å². The van der Waals surface area contributed by atoms with Crippen molar-refractivity contribution in [2.75, 3.05) is 6.54 Å². The van der Waals surface area contributed by atoms with Crippen LogP contribution in [0.5, 0.6) is 0 Å². The molecule has 1 N–H and O–H groups in total. The normalized spacial score (nSPS) is 32.8. The number of halogens is 1. The number of hydrogen-bond donors (Lipinski definition) is 1. The van der Waals surface area contributed by atoms with Crippen molar-refractivity contribution in [2.45, 2.75) is 25.3 Å². The van der Waals surface area contributed by atoms with Gasteiger partial charge < -0.3 is 5.32 Å². The van der Waals surface area contributed by atoms with E-state index in [4.69, 9.17) is 0 Å². The van der Waals surface area contributed by atoms with Gasteiger partial charge in [-0.2, -0.15) is 0 Å². The van der Waals surface area contributed by atoms with Crippen molar-refractivity contribution in [3.05, 3.63) is 12.7 Å². The molecule has 2 atom stereocenters. The molecule has 2 nitrogen and oxygen atoms in total. The van der Waals surface area contributed by atoms with Crippen LogP contribution >= 0.6 is 12.4 Å². The molecule has 2 fully saturated rings. The van der Waals surface area contributed by atoms with Crippen LogP contribution in [0.3, 0.4) is 0 Å². The van der Waals surface area contributed by atoms with Crippen LogP contribution in [0.4, 0.5) is 0 Å². The number of Topliss-reactive ketones (excluding diaryl/α,β-unsaturated/α-hetero) is 1. The minimum absolute atomic E-state index is 0. The third kappa shape index (κ3) is 2.12. The van der Waals surface area contributed by atoms with E-state index in [0.717, 1.165) is 13.0 Å². The monoisotopic (exact) mass is 201 g/mol. The first-order valence-electron chi connectivity index (χ1n) is 4.71. The summed E-state index contributed by atoms with van der Waals surface area (Å²) >= 11 is 0. The van der Waals surface area contributed by atoms with Crippen LogP contribution in [0.1, 0.15) is 19.3 Å². The second-order valence-corrected chi connectivity index (χ2v) is 3.85. The summed E-state index contributed by atoms with van der Waals surface area (Å²) in [4.78, 5) is 11.7. The molecule has 13 heavy (non-hydrogen) atoms. The molecule has 2 rings (SSSR count). The highest BCUT2D eigenvalue weighted by atomic mass is 35.5. The van der Waals surface area contributed by atoms with E-state index < -0.39 is 0 Å². The number of rotatable bonds is 3. The summed E-state index contributed by atoms with van der Waals surface area (Å²) in [5.74, 6) is 1.30. The van der Waals surface area contributed by atoms with E-state index in [1.54, 1.807) is 0 Å². The molecule has 0 aromatic rings. The fourth-order valence-electron chi connectivity index (χ4n) is 1.95. The van der Waals surface area contributed by atoms with Gasteiger partial charge >= 0.3 is 0 Å². The van der Waals surface area contributed by atoms with Crippen molar-refractivity contribution >= 4 is 18.2 Å². The van der Waals surface area contributed by atoms with Gasteiger partial charge in [0, 0.05) is 12.5 Å². The second-order valence-electron chi connectivity index (χ2n) is 3.85. The Kier molecular flexibility index (Phi) is 3.51. The first-order chi connectivity index (χ1) is 5.83. The van der Waals surface area contributed by atoms with Crippen molar-refractivity contribution in [3.63, 3.8) is 0 Å². The topological polar surface area (TPSA) is 29.1 Å². The molecule has 74 valence electrons. The highest BCUT2D eigenvalue weighted by molar-refractivity contribution is 5.89. The molecule has 0 aromatic carbocycles. The summed E-state index contributed by atoms with van der Waals surface area (Å²) in [6.07, 6.45) is 5.17. The summed E-state index contributed by atoms with van der Waals surface area (Å²) in [5, 5.41) is 3.31. The first kappa shape index (κ1) is 10.7. The summed E-state index contributed by atoms with van der Waals surface area (Å²) in [5.41, 5.74) is 0. The van der Waals surface area contributed by atoms with Crippen LogP contribution in [-0.2, 0) is 4.79 Å². The van der Waals surface area contributed by atoms with E-state index in [-0.39, 0.29) is 24.4 Å². The number of nitrogens with one attached hydrogen (secondary N) is 1. The van der Waals surface area contributed by atoms with Gasteiger partial charge in [-0.15, -0.1) is 19.0 Å². The molecule has 1 saturated carbocycles. The minimum atomic E-state index is 0. The van der Waals surface area contributed by atoms with E-state index in [2.05, 4.69) is 11.9 Å². The van der Waals surface area contributed by atoms with E-state index in [1.807, 2.05) is 6.08 Å². The van der Waals surface area contributed by atoms with Crippen molar-refractivity contribution in [3.8, 4) is 0 Å². The molecule has 1 saturated heterocycles. The Bertz CT molecular complexity index is 213. The van der Waals surface area contributed by atoms with Gasteiger partial charge in [-0.25, -0.2) is 0 Å². The van der Waals surface area contributed by atoms with Gasteiger partial charge in [0.2, 0.25) is 0 Å². The Morgan fingerprint density at radius 3 is 2.77 bits per heavy atom. The highest BCUT2D eigenvalue weighted by Crippen LogP contribution is 2.36. The maximum absolute atomic E-state index is 11.7. The number of allylic oxidation sites excluding steroid dienone is 1. The summed E-state index contributed by atoms with van der Waals surface area (Å²) in [6, 6.07) is 0.190. The van der Waals surface area contributed by atoms with Crippen molar-refractivity contribution in [1.82, 2.24) is 5.32 Å². The maximum Gasteiger partial charge on any atom is 0.154 e. The first-order valence-corrected chi connectivity index (χ1v) is 4.71. The van der Waals surface area contributed by atoms with Crippen molar-refractivity contribution < 1.29 is 4.79 Å². The van der Waals surface area contributed by atoms with Gasteiger partial charge in [0.15, 0.2) is 5.78 Å². The number of carbonyl (C=O) groups excluding carboxylic acids is 1. The fraction of sp³-hybridized carbons (Fsp3) is 0.700. The van der Waals surface area contributed by atoms with Crippen LogP contribution in [-0.4, -0.2) is 18.4 Å². The molecular weight excluding hydrogens is 186 g/mol. The quantitative estimate of drug-likeness (QED) is 0.703. The molecule has 3 heteroatoms. The molecule has 0 aromatic heterocycles. The van der Waals surface area contributed by atoms with Gasteiger partial charge in [-0.1, -0.05) is 6.08 Å². The zero-order valence-electron chi connectivity index (χ0n) is 7.66. The Morgan fingerprint density at radius 1 is 1.54 bits per heavy atom. The van der Waals surface area contributed by atoms with Crippen LogP contribution in [0.15, 0.2) is 12.7 Å². The smallest absolute Gasteiger partial charge is 0.154 e. The van der Waals surface area contributed by atoms with Gasteiger partial charge in [0.1, 0.15) is 0 Å². The predicted octanol–water partition coefficient (Wildman–Crippen LogP) is 1.55. The summed E-state index contributed by atoms with van der Waals surface area (Å²) in [6.45, 7) is 4.53. The highest BCUT2D eigenvalue weighted by Gasteiger charge is 2.42. The van der Waals surface area contributed by atoms with Gasteiger partial charge in [-0.3, -0.25) is 4.79 Å². The van der Waals surface area contributed by atoms with Crippen molar-refractivity contribution in [1.29, 1.82) is 0 Å². The van der Waals surface area contributed by atoms with Gasteiger partial charge in [0.05, 0.1) is 6.04 Å². The van der Waals surface area contributed by atoms with E-state index in [9.17, 15) is 4.79 Å². The number of carbonyl (C=O) groups is 1.